The highest BCUT2D eigenvalue weighted by Gasteiger charge is 2.68. The van der Waals surface area contributed by atoms with Gasteiger partial charge < -0.3 is 53.5 Å². The van der Waals surface area contributed by atoms with Crippen LogP contribution in [-0.2, 0) is 47.4 Å². The van der Waals surface area contributed by atoms with Gasteiger partial charge >= 0.3 is 0 Å². The van der Waals surface area contributed by atoms with E-state index in [1.165, 1.54) is 0 Å². The molecule has 10 heterocycles. The molecule has 2 unspecified atom stereocenters. The van der Waals surface area contributed by atoms with Crippen LogP contribution in [0.4, 0.5) is 0 Å². The first kappa shape index (κ1) is 36.4. The van der Waals surface area contributed by atoms with Gasteiger partial charge in [-0.05, 0) is 62.0 Å². The second-order valence-corrected chi connectivity index (χ2v) is 17.4. The largest absolute Gasteiger partial charge is 0.392 e. The van der Waals surface area contributed by atoms with Crippen molar-refractivity contribution in [3.05, 3.63) is 24.3 Å². The molecule has 12 heteroatoms. The molecule has 0 aromatic rings. The van der Waals surface area contributed by atoms with E-state index >= 15 is 0 Å². The molecule has 3 N–H and O–H groups in total. The molecule has 0 radical (unpaired) electrons. The Bertz CT molecular complexity index is 1380. The van der Waals surface area contributed by atoms with Gasteiger partial charge in [0.25, 0.3) is 0 Å². The molecule has 19 atom stereocenters. The van der Waals surface area contributed by atoms with Crippen LogP contribution < -0.4 is 5.73 Å². The average molecular weight is 730 g/mol. The van der Waals surface area contributed by atoms with E-state index < -0.39 is 18.0 Å². The summed E-state index contributed by atoms with van der Waals surface area (Å²) in [5, 5.41) is 10.5. The number of methoxy groups -OCH3 is 1. The normalized spacial score (nSPS) is 52.4. The zero-order chi connectivity index (χ0) is 35.9. The van der Waals surface area contributed by atoms with Crippen molar-refractivity contribution in [1.29, 1.82) is 0 Å². The number of carbonyl (C=O) groups excluding carboxylic acids is 1. The van der Waals surface area contributed by atoms with E-state index in [-0.39, 0.29) is 122 Å². The molecular weight excluding hydrogens is 670 g/mol. The third kappa shape index (κ3) is 6.59. The molecule has 52 heavy (non-hydrogen) atoms. The van der Waals surface area contributed by atoms with Gasteiger partial charge in [0, 0.05) is 58.1 Å². The lowest BCUT2D eigenvalue weighted by Gasteiger charge is -2.47. The van der Waals surface area contributed by atoms with E-state index in [2.05, 4.69) is 20.1 Å². The van der Waals surface area contributed by atoms with Crippen LogP contribution in [0.5, 0.6) is 0 Å². The molecule has 10 rings (SSSR count). The zero-order valence-corrected chi connectivity index (χ0v) is 30.8. The van der Waals surface area contributed by atoms with Crippen molar-refractivity contribution in [2.45, 2.75) is 194 Å². The Hall–Kier alpha value is -1.29. The highest BCUT2D eigenvalue weighted by Crippen LogP contribution is 2.54. The van der Waals surface area contributed by atoms with Crippen molar-refractivity contribution < 1.29 is 52.5 Å². The highest BCUT2D eigenvalue weighted by atomic mass is 16.8. The highest BCUT2D eigenvalue weighted by molar-refractivity contribution is 5.79. The summed E-state index contributed by atoms with van der Waals surface area (Å²) in [4.78, 5) is 14.1. The van der Waals surface area contributed by atoms with Crippen LogP contribution in [0.2, 0.25) is 0 Å². The maximum absolute atomic E-state index is 14.1. The first-order valence-electron chi connectivity index (χ1n) is 20.2. The second-order valence-electron chi connectivity index (χ2n) is 17.4. The number of aliphatic hydroxyl groups is 1. The summed E-state index contributed by atoms with van der Waals surface area (Å²) in [6.07, 6.45) is 4.85. The van der Waals surface area contributed by atoms with Crippen LogP contribution in [-0.4, -0.2) is 128 Å². The van der Waals surface area contributed by atoms with Crippen LogP contribution in [0.3, 0.4) is 0 Å². The molecule has 10 fully saturated rings. The number of rotatable bonds is 4. The molecule has 0 aromatic heterocycles. The van der Waals surface area contributed by atoms with E-state index in [9.17, 15) is 9.90 Å². The van der Waals surface area contributed by atoms with Crippen molar-refractivity contribution in [3.63, 3.8) is 0 Å². The number of fused-ring (bicyclic) bond motifs is 6. The summed E-state index contributed by atoms with van der Waals surface area (Å²) in [5.74, 6) is -0.619. The van der Waals surface area contributed by atoms with Crippen LogP contribution in [0, 0.1) is 11.8 Å². The number of aliphatic hydroxyl groups excluding tert-OH is 1. The Morgan fingerprint density at radius 2 is 1.56 bits per heavy atom. The van der Waals surface area contributed by atoms with E-state index in [1.807, 2.05) is 0 Å². The Balaban J connectivity index is 0.994. The van der Waals surface area contributed by atoms with Gasteiger partial charge in [0.15, 0.2) is 5.79 Å². The van der Waals surface area contributed by atoms with Crippen LogP contribution in [0.1, 0.15) is 90.4 Å². The summed E-state index contributed by atoms with van der Waals surface area (Å²) in [7, 11) is 1.66. The lowest BCUT2D eigenvalue weighted by atomic mass is 9.81. The first-order chi connectivity index (χ1) is 25.1. The lowest BCUT2D eigenvalue weighted by Crippen LogP contribution is -2.61. The van der Waals surface area contributed by atoms with Crippen LogP contribution >= 0.6 is 0 Å². The number of carbonyl (C=O) groups is 1. The molecule has 0 aliphatic carbocycles. The maximum Gasteiger partial charge on any atom is 0.172 e. The molecule has 0 aromatic carbocycles. The van der Waals surface area contributed by atoms with Crippen molar-refractivity contribution in [1.82, 2.24) is 0 Å². The van der Waals surface area contributed by atoms with Gasteiger partial charge in [-0.3, -0.25) is 4.79 Å². The molecule has 12 nitrogen and oxygen atoms in total. The summed E-state index contributed by atoms with van der Waals surface area (Å²) in [5.41, 5.74) is 8.01. The Morgan fingerprint density at radius 3 is 2.38 bits per heavy atom. The standard InChI is InChI=1S/C40H59NO11/c1-19-11-24-5-7-28-20(2)12-26(45-28)9-10-40-17-33-36(51-40)37-38(50-33)39(52-40)35-29(49-37)8-6-25(47-35)13-22(42)14-27-31(16-30(46-24)21(19)3)48-32(34(27)44-4)15-23(43)18-41/h19,23-39,43H,2-3,5-18,41H2,1,4H3/t19-,23+,24+,25-,26+,27+,28+,29+,30?,31+,32-,33-,34-,35+,36+,37+,38?,39+,40+/m1/s1. The van der Waals surface area contributed by atoms with E-state index in [1.54, 1.807) is 7.11 Å². The lowest BCUT2D eigenvalue weighted by molar-refractivity contribution is -0.292. The number of nitrogens with two attached hydrogens (primary N) is 1. The second kappa shape index (κ2) is 14.3. The number of ether oxygens (including phenoxy) is 9. The molecule has 10 aliphatic heterocycles. The number of hydrogen-bond acceptors (Lipinski definition) is 12. The van der Waals surface area contributed by atoms with E-state index in [0.29, 0.717) is 25.7 Å². The topological polar surface area (TPSA) is 146 Å². The number of hydrogen-bond donors (Lipinski definition) is 2. The average Bonchev–Trinajstić information content (AvgIpc) is 3.79. The fourth-order valence-corrected chi connectivity index (χ4v) is 11.3. The number of ketones is 1. The Morgan fingerprint density at radius 1 is 0.808 bits per heavy atom. The third-order valence-electron chi connectivity index (χ3n) is 14.0. The summed E-state index contributed by atoms with van der Waals surface area (Å²) in [6, 6.07) is 0. The summed E-state index contributed by atoms with van der Waals surface area (Å²) < 4.78 is 60.0. The monoisotopic (exact) mass is 729 g/mol. The van der Waals surface area contributed by atoms with Crippen LogP contribution in [0.25, 0.3) is 0 Å². The van der Waals surface area contributed by atoms with Crippen molar-refractivity contribution in [2.24, 2.45) is 17.6 Å². The molecule has 0 saturated carbocycles. The fourth-order valence-electron chi connectivity index (χ4n) is 11.3. The van der Waals surface area contributed by atoms with Crippen molar-refractivity contribution >= 4 is 5.78 Å². The predicted molar refractivity (Wildman–Crippen MR) is 186 cm³/mol. The SMILES string of the molecule is C=C1C2C[C@@H]3O[C@H](C[C@H](O)CN)[C@H](OC)[C@H]3CC(=O)C[C@H]3CC[C@@H]4O[C@@H]5C6O[C@@H]7C[C@@](CC[C@H]8CC(=C)[C@H](CC[C@@H](C[C@H]1C)O2)O8)(O[C@H]57)O[C@H]6[C@H]4O3. The van der Waals surface area contributed by atoms with Gasteiger partial charge in [-0.15, -0.1) is 0 Å². The maximum atomic E-state index is 14.1. The molecule has 10 aliphatic rings. The Labute approximate surface area is 307 Å². The minimum Gasteiger partial charge on any atom is -0.392 e. The molecule has 290 valence electrons. The minimum atomic E-state index is -0.780. The molecule has 10 saturated heterocycles. The van der Waals surface area contributed by atoms with Gasteiger partial charge in [-0.2, -0.15) is 0 Å². The third-order valence-corrected chi connectivity index (χ3v) is 14.0. The van der Waals surface area contributed by atoms with E-state index in [4.69, 9.17) is 48.4 Å². The van der Waals surface area contributed by atoms with Crippen LogP contribution in [0.15, 0.2) is 24.3 Å². The minimum absolute atomic E-state index is 0.0158. The molecule has 0 amide bonds. The van der Waals surface area contributed by atoms with Crippen molar-refractivity contribution in [2.75, 3.05) is 13.7 Å². The van der Waals surface area contributed by atoms with Gasteiger partial charge in [0.1, 0.15) is 36.3 Å². The zero-order valence-electron chi connectivity index (χ0n) is 30.8. The predicted octanol–water partition coefficient (Wildman–Crippen LogP) is 3.44. The molecular formula is C40H59NO11. The summed E-state index contributed by atoms with van der Waals surface area (Å²) in [6.45, 7) is 11.3. The van der Waals surface area contributed by atoms with Crippen molar-refractivity contribution in [3.8, 4) is 0 Å². The first-order valence-corrected chi connectivity index (χ1v) is 20.2. The van der Waals surface area contributed by atoms with Gasteiger partial charge in [0.2, 0.25) is 0 Å². The fraction of sp³-hybridized carbons (Fsp3) is 0.875. The van der Waals surface area contributed by atoms with E-state index in [0.717, 1.165) is 56.1 Å². The quantitative estimate of drug-likeness (QED) is 0.409. The van der Waals surface area contributed by atoms with Gasteiger partial charge in [0.05, 0.1) is 67.1 Å². The smallest absolute Gasteiger partial charge is 0.172 e. The van der Waals surface area contributed by atoms with Gasteiger partial charge in [-0.25, -0.2) is 0 Å². The number of Topliss-reactive ketones (excluding diaryl/α,β-unsaturated/α-hetero) is 1. The summed E-state index contributed by atoms with van der Waals surface area (Å²) >= 11 is 0. The molecule has 1 spiro atoms. The Kier molecular flexibility index (Phi) is 10.0. The molecule has 12 bridgehead atoms. The van der Waals surface area contributed by atoms with Gasteiger partial charge in [-0.1, -0.05) is 20.1 Å².